The maximum absolute atomic E-state index is 12.7. The van der Waals surface area contributed by atoms with Crippen LogP contribution in [-0.2, 0) is 20.8 Å². The van der Waals surface area contributed by atoms with Crippen molar-refractivity contribution in [1.29, 1.82) is 0 Å². The summed E-state index contributed by atoms with van der Waals surface area (Å²) in [6.45, 7) is 7.02. The molecule has 2 atom stereocenters. The van der Waals surface area contributed by atoms with E-state index < -0.39 is 5.60 Å². The predicted molar refractivity (Wildman–Crippen MR) is 105 cm³/mol. The van der Waals surface area contributed by atoms with Gasteiger partial charge in [0.05, 0.1) is 12.1 Å². The molecule has 3 fully saturated rings. The van der Waals surface area contributed by atoms with Gasteiger partial charge in [-0.3, -0.25) is 4.79 Å². The van der Waals surface area contributed by atoms with E-state index in [1.807, 2.05) is 60.9 Å². The first-order valence-corrected chi connectivity index (χ1v) is 10.2. The van der Waals surface area contributed by atoms with Gasteiger partial charge in [-0.15, -0.1) is 0 Å². The van der Waals surface area contributed by atoms with Gasteiger partial charge in [0.2, 0.25) is 5.91 Å². The van der Waals surface area contributed by atoms with Gasteiger partial charge in [-0.2, -0.15) is 0 Å². The number of hydrogen-bond acceptors (Lipinski definition) is 4. The fourth-order valence-electron chi connectivity index (χ4n) is 4.90. The van der Waals surface area contributed by atoms with Crippen LogP contribution >= 0.6 is 0 Å². The number of morpholine rings is 1. The van der Waals surface area contributed by atoms with Crippen molar-refractivity contribution in [3.8, 4) is 0 Å². The van der Waals surface area contributed by atoms with Crippen LogP contribution in [0.15, 0.2) is 30.3 Å². The fraction of sp³-hybridized carbons (Fsp3) is 0.636. The standard InChI is InChI=1S/C22H30N2O4/c1-21(2,3)28-20(26)24-17-9-10-18(24)12-22(11-17)15-23(19(25)14-27-22)13-16-7-5-4-6-8-16/h4-8,17-18H,9-15H2,1-3H3. The summed E-state index contributed by atoms with van der Waals surface area (Å²) in [6, 6.07) is 10.3. The maximum Gasteiger partial charge on any atom is 0.410 e. The highest BCUT2D eigenvalue weighted by Crippen LogP contribution is 2.44. The van der Waals surface area contributed by atoms with E-state index in [0.29, 0.717) is 13.1 Å². The first-order chi connectivity index (χ1) is 13.2. The molecule has 6 nitrogen and oxygen atoms in total. The van der Waals surface area contributed by atoms with Crippen molar-refractivity contribution in [2.45, 2.75) is 76.3 Å². The summed E-state index contributed by atoms with van der Waals surface area (Å²) in [6.07, 6.45) is 3.26. The molecule has 0 N–H and O–H groups in total. The van der Waals surface area contributed by atoms with E-state index in [0.717, 1.165) is 31.2 Å². The highest BCUT2D eigenvalue weighted by atomic mass is 16.6. The molecule has 2 bridgehead atoms. The van der Waals surface area contributed by atoms with Crippen LogP contribution in [0.4, 0.5) is 4.79 Å². The van der Waals surface area contributed by atoms with Crippen LogP contribution in [-0.4, -0.2) is 58.2 Å². The van der Waals surface area contributed by atoms with Gasteiger partial charge in [0.15, 0.2) is 0 Å². The van der Waals surface area contributed by atoms with Crippen molar-refractivity contribution in [2.24, 2.45) is 0 Å². The zero-order valence-corrected chi connectivity index (χ0v) is 17.0. The summed E-state index contributed by atoms with van der Waals surface area (Å²) in [5.74, 6) is 0.0383. The SMILES string of the molecule is CC(C)(C)OC(=O)N1C2CCC1CC1(C2)CN(Cc2ccccc2)C(=O)CO1. The molecular formula is C22H30N2O4. The molecule has 3 saturated heterocycles. The lowest BCUT2D eigenvalue weighted by molar-refractivity contribution is -0.177. The first kappa shape index (κ1) is 19.2. The zero-order valence-electron chi connectivity index (χ0n) is 17.0. The predicted octanol–water partition coefficient (Wildman–Crippen LogP) is 3.35. The molecule has 1 spiro atoms. The molecule has 0 aromatic heterocycles. The van der Waals surface area contributed by atoms with Crippen LogP contribution in [0.2, 0.25) is 0 Å². The Labute approximate surface area is 166 Å². The number of hydrogen-bond donors (Lipinski definition) is 0. The van der Waals surface area contributed by atoms with Gasteiger partial charge in [0, 0.05) is 18.6 Å². The number of nitrogens with zero attached hydrogens (tertiary/aromatic N) is 2. The summed E-state index contributed by atoms with van der Waals surface area (Å²) >= 11 is 0. The molecule has 3 heterocycles. The summed E-state index contributed by atoms with van der Waals surface area (Å²) in [7, 11) is 0. The van der Waals surface area contributed by atoms with Gasteiger partial charge < -0.3 is 19.3 Å². The summed E-state index contributed by atoms with van der Waals surface area (Å²) in [5, 5.41) is 0. The smallest absolute Gasteiger partial charge is 0.410 e. The van der Waals surface area contributed by atoms with Gasteiger partial charge in [0.25, 0.3) is 0 Å². The van der Waals surface area contributed by atoms with Crippen LogP contribution in [0.5, 0.6) is 0 Å². The molecule has 1 aromatic carbocycles. The summed E-state index contributed by atoms with van der Waals surface area (Å²) < 4.78 is 11.8. The van der Waals surface area contributed by atoms with E-state index in [4.69, 9.17) is 9.47 Å². The topological polar surface area (TPSA) is 59.1 Å². The van der Waals surface area contributed by atoms with Crippen molar-refractivity contribution < 1.29 is 19.1 Å². The largest absolute Gasteiger partial charge is 0.444 e. The molecule has 2 amide bonds. The molecule has 0 saturated carbocycles. The Hall–Kier alpha value is -2.08. The number of amides is 2. The molecule has 3 aliphatic rings. The second-order valence-corrected chi connectivity index (χ2v) is 9.39. The van der Waals surface area contributed by atoms with E-state index in [1.54, 1.807) is 0 Å². The molecule has 4 rings (SSSR count). The van der Waals surface area contributed by atoms with E-state index in [1.165, 1.54) is 0 Å². The van der Waals surface area contributed by atoms with Crippen molar-refractivity contribution in [2.75, 3.05) is 13.2 Å². The molecular weight excluding hydrogens is 356 g/mol. The van der Waals surface area contributed by atoms with Crippen LogP contribution < -0.4 is 0 Å². The average molecular weight is 386 g/mol. The second kappa shape index (κ2) is 7.07. The Morgan fingerprint density at radius 3 is 2.43 bits per heavy atom. The Morgan fingerprint density at radius 2 is 1.82 bits per heavy atom. The van der Waals surface area contributed by atoms with Crippen LogP contribution in [0.25, 0.3) is 0 Å². The Bertz CT molecular complexity index is 729. The normalized spacial score (nSPS) is 30.0. The van der Waals surface area contributed by atoms with E-state index >= 15 is 0 Å². The lowest BCUT2D eigenvalue weighted by atomic mass is 9.84. The lowest BCUT2D eigenvalue weighted by Gasteiger charge is -2.50. The van der Waals surface area contributed by atoms with Gasteiger partial charge in [-0.25, -0.2) is 4.79 Å². The number of fused-ring (bicyclic) bond motifs is 2. The van der Waals surface area contributed by atoms with Crippen molar-refractivity contribution >= 4 is 12.0 Å². The van der Waals surface area contributed by atoms with Crippen molar-refractivity contribution in [3.05, 3.63) is 35.9 Å². The van der Waals surface area contributed by atoms with Crippen molar-refractivity contribution in [3.63, 3.8) is 0 Å². The Kier molecular flexibility index (Phi) is 4.86. The van der Waals surface area contributed by atoms with Gasteiger partial charge >= 0.3 is 6.09 Å². The van der Waals surface area contributed by atoms with E-state index in [2.05, 4.69) is 0 Å². The highest BCUT2D eigenvalue weighted by molar-refractivity contribution is 5.78. The minimum atomic E-state index is -0.494. The highest BCUT2D eigenvalue weighted by Gasteiger charge is 2.54. The number of benzene rings is 1. The minimum Gasteiger partial charge on any atom is -0.444 e. The van der Waals surface area contributed by atoms with Gasteiger partial charge in [-0.05, 0) is 52.0 Å². The van der Waals surface area contributed by atoms with Gasteiger partial charge in [-0.1, -0.05) is 30.3 Å². The number of carbonyl (C=O) groups excluding carboxylic acids is 2. The monoisotopic (exact) mass is 386 g/mol. The quantitative estimate of drug-likeness (QED) is 0.782. The summed E-state index contributed by atoms with van der Waals surface area (Å²) in [4.78, 5) is 29.0. The Morgan fingerprint density at radius 1 is 1.18 bits per heavy atom. The van der Waals surface area contributed by atoms with Crippen molar-refractivity contribution in [1.82, 2.24) is 9.80 Å². The third-order valence-corrected chi connectivity index (χ3v) is 5.99. The number of ether oxygens (including phenoxy) is 2. The molecule has 0 aliphatic carbocycles. The van der Waals surface area contributed by atoms with Crippen LogP contribution in [0.3, 0.4) is 0 Å². The molecule has 0 radical (unpaired) electrons. The maximum atomic E-state index is 12.7. The molecule has 3 aliphatic heterocycles. The Balaban J connectivity index is 1.46. The average Bonchev–Trinajstić information content (AvgIpc) is 2.90. The zero-order chi connectivity index (χ0) is 19.9. The molecule has 6 heteroatoms. The first-order valence-electron chi connectivity index (χ1n) is 10.2. The van der Waals surface area contributed by atoms with Crippen LogP contribution in [0.1, 0.15) is 52.0 Å². The van der Waals surface area contributed by atoms with Gasteiger partial charge in [0.1, 0.15) is 12.2 Å². The molecule has 1 aromatic rings. The van der Waals surface area contributed by atoms with Crippen LogP contribution in [0, 0.1) is 0 Å². The molecule has 28 heavy (non-hydrogen) atoms. The van der Waals surface area contributed by atoms with E-state index in [9.17, 15) is 9.59 Å². The second-order valence-electron chi connectivity index (χ2n) is 9.39. The summed E-state index contributed by atoms with van der Waals surface area (Å²) in [5.41, 5.74) is 0.279. The molecule has 2 unspecified atom stereocenters. The minimum absolute atomic E-state index is 0.0383. The lowest BCUT2D eigenvalue weighted by Crippen LogP contribution is -2.62. The third kappa shape index (κ3) is 3.88. The van der Waals surface area contributed by atoms with E-state index in [-0.39, 0.29) is 36.3 Å². The number of rotatable bonds is 2. The number of carbonyl (C=O) groups is 2. The number of piperidine rings is 1. The third-order valence-electron chi connectivity index (χ3n) is 5.99. The molecule has 152 valence electrons. The fourth-order valence-corrected chi connectivity index (χ4v) is 4.90.